The summed E-state index contributed by atoms with van der Waals surface area (Å²) in [6.45, 7) is 1.48. The zero-order chi connectivity index (χ0) is 18.5. The fraction of sp³-hybridized carbons (Fsp3) is 0.105. The van der Waals surface area contributed by atoms with Gasteiger partial charge in [-0.3, -0.25) is 9.10 Å². The monoisotopic (exact) mass is 370 g/mol. The maximum Gasteiger partial charge on any atom is 0.265 e. The molecule has 0 saturated carbocycles. The van der Waals surface area contributed by atoms with Crippen molar-refractivity contribution in [2.24, 2.45) is 0 Å². The lowest BCUT2D eigenvalue weighted by Gasteiger charge is -2.35. The van der Waals surface area contributed by atoms with E-state index >= 15 is 0 Å². The molecule has 0 aliphatic carbocycles. The lowest BCUT2D eigenvalue weighted by atomic mass is 10.1. The molecule has 132 valence electrons. The minimum absolute atomic E-state index is 0.0763. The van der Waals surface area contributed by atoms with Gasteiger partial charge in [-0.1, -0.05) is 36.4 Å². The molecule has 0 aromatic heterocycles. The van der Waals surface area contributed by atoms with Crippen molar-refractivity contribution in [3.63, 3.8) is 0 Å². The van der Waals surface area contributed by atoms with Crippen LogP contribution >= 0.6 is 0 Å². The fourth-order valence-corrected chi connectivity index (χ4v) is 5.06. The molecule has 4 rings (SSSR count). The highest BCUT2D eigenvalue weighted by Gasteiger charge is 2.39. The van der Waals surface area contributed by atoms with Gasteiger partial charge >= 0.3 is 0 Å². The van der Waals surface area contributed by atoms with Crippen molar-refractivity contribution in [2.45, 2.75) is 17.9 Å². The average Bonchev–Trinajstić information content (AvgIpc) is 2.62. The molecule has 7 heteroatoms. The SMILES string of the molecule is CC1C(=O)Nc2ccc(F)cc2N1S(=O)(=O)c1cccc2ccccc12. The Labute approximate surface area is 150 Å². The molecular weight excluding hydrogens is 355 g/mol. The number of carbonyl (C=O) groups excluding carboxylic acids is 1. The maximum absolute atomic E-state index is 13.8. The van der Waals surface area contributed by atoms with Gasteiger partial charge in [0.05, 0.1) is 16.3 Å². The number of hydrogen-bond acceptors (Lipinski definition) is 3. The van der Waals surface area contributed by atoms with E-state index in [0.29, 0.717) is 5.39 Å². The molecule has 1 unspecified atom stereocenters. The summed E-state index contributed by atoms with van der Waals surface area (Å²) < 4.78 is 41.7. The molecule has 0 radical (unpaired) electrons. The smallest absolute Gasteiger partial charge is 0.265 e. The molecule has 1 aliphatic rings. The molecule has 3 aromatic rings. The summed E-state index contributed by atoms with van der Waals surface area (Å²) in [6, 6.07) is 14.7. The summed E-state index contributed by atoms with van der Waals surface area (Å²) >= 11 is 0. The van der Waals surface area contributed by atoms with Crippen molar-refractivity contribution >= 4 is 38.1 Å². The Morgan fingerprint density at radius 1 is 1.04 bits per heavy atom. The molecule has 3 aromatic carbocycles. The predicted octanol–water partition coefficient (Wildman–Crippen LogP) is 3.51. The first-order valence-corrected chi connectivity index (χ1v) is 9.46. The highest BCUT2D eigenvalue weighted by molar-refractivity contribution is 7.93. The van der Waals surface area contributed by atoms with Crippen LogP contribution in [-0.2, 0) is 14.8 Å². The fourth-order valence-electron chi connectivity index (χ4n) is 3.21. The zero-order valence-corrected chi connectivity index (χ0v) is 14.6. The average molecular weight is 370 g/mol. The van der Waals surface area contributed by atoms with Gasteiger partial charge in [-0.2, -0.15) is 0 Å². The number of halogens is 1. The summed E-state index contributed by atoms with van der Waals surface area (Å²) in [4.78, 5) is 12.4. The third kappa shape index (κ3) is 2.43. The normalized spacial score (nSPS) is 17.1. The van der Waals surface area contributed by atoms with Crippen LogP contribution in [-0.4, -0.2) is 20.4 Å². The van der Waals surface area contributed by atoms with Gasteiger partial charge in [-0.15, -0.1) is 0 Å². The molecule has 1 N–H and O–H groups in total. The van der Waals surface area contributed by atoms with E-state index in [-0.39, 0.29) is 16.3 Å². The van der Waals surface area contributed by atoms with Crippen molar-refractivity contribution in [3.8, 4) is 0 Å². The summed E-state index contributed by atoms with van der Waals surface area (Å²) in [5, 5.41) is 3.93. The highest BCUT2D eigenvalue weighted by Crippen LogP contribution is 2.38. The molecule has 0 saturated heterocycles. The van der Waals surface area contributed by atoms with Crippen LogP contribution in [0.5, 0.6) is 0 Å². The zero-order valence-electron chi connectivity index (χ0n) is 13.8. The largest absolute Gasteiger partial charge is 0.322 e. The van der Waals surface area contributed by atoms with Crippen molar-refractivity contribution < 1.29 is 17.6 Å². The molecule has 1 aliphatic heterocycles. The highest BCUT2D eigenvalue weighted by atomic mass is 32.2. The van der Waals surface area contributed by atoms with Gasteiger partial charge in [0, 0.05) is 11.5 Å². The third-order valence-corrected chi connectivity index (χ3v) is 6.42. The van der Waals surface area contributed by atoms with Crippen LogP contribution in [0.2, 0.25) is 0 Å². The molecule has 26 heavy (non-hydrogen) atoms. The lowest BCUT2D eigenvalue weighted by Crippen LogP contribution is -2.49. The van der Waals surface area contributed by atoms with Crippen LogP contribution < -0.4 is 9.62 Å². The number of hydrogen-bond donors (Lipinski definition) is 1. The number of nitrogens with one attached hydrogen (secondary N) is 1. The van der Waals surface area contributed by atoms with E-state index < -0.39 is 27.8 Å². The lowest BCUT2D eigenvalue weighted by molar-refractivity contribution is -0.117. The first-order chi connectivity index (χ1) is 12.4. The maximum atomic E-state index is 13.8. The Balaban J connectivity index is 1.98. The number of benzene rings is 3. The van der Waals surface area contributed by atoms with Gasteiger partial charge in [-0.25, -0.2) is 12.8 Å². The molecule has 1 amide bonds. The molecule has 1 atom stereocenters. The molecule has 0 fully saturated rings. The van der Waals surface area contributed by atoms with Crippen LogP contribution in [0.1, 0.15) is 6.92 Å². The first-order valence-electron chi connectivity index (χ1n) is 8.02. The number of anilines is 2. The Kier molecular flexibility index (Phi) is 3.69. The van der Waals surface area contributed by atoms with E-state index in [1.54, 1.807) is 18.2 Å². The molecule has 1 heterocycles. The van der Waals surface area contributed by atoms with Gasteiger partial charge in [0.1, 0.15) is 11.9 Å². The van der Waals surface area contributed by atoms with Gasteiger partial charge in [-0.05, 0) is 30.5 Å². The van der Waals surface area contributed by atoms with Crippen molar-refractivity contribution in [2.75, 3.05) is 9.62 Å². The van der Waals surface area contributed by atoms with Crippen LogP contribution in [0.15, 0.2) is 65.6 Å². The molecule has 0 spiro atoms. The molecule has 0 bridgehead atoms. The number of amides is 1. The second-order valence-corrected chi connectivity index (χ2v) is 7.89. The first kappa shape index (κ1) is 16.5. The van der Waals surface area contributed by atoms with Gasteiger partial charge in [0.15, 0.2) is 0 Å². The number of nitrogens with zero attached hydrogens (tertiary/aromatic N) is 1. The Bertz CT molecular complexity index is 1140. The number of carbonyl (C=O) groups is 1. The predicted molar refractivity (Wildman–Crippen MR) is 98.1 cm³/mol. The van der Waals surface area contributed by atoms with Crippen molar-refractivity contribution in [1.29, 1.82) is 0 Å². The van der Waals surface area contributed by atoms with E-state index in [1.165, 1.54) is 25.1 Å². The number of fused-ring (bicyclic) bond motifs is 2. The summed E-state index contributed by atoms with van der Waals surface area (Å²) in [5.41, 5.74) is 0.378. The van der Waals surface area contributed by atoms with Gasteiger partial charge in [0.2, 0.25) is 5.91 Å². The summed E-state index contributed by atoms with van der Waals surface area (Å²) in [5.74, 6) is -1.04. The minimum Gasteiger partial charge on any atom is -0.322 e. The second kappa shape index (κ2) is 5.81. The van der Waals surface area contributed by atoms with Crippen molar-refractivity contribution in [3.05, 3.63) is 66.5 Å². The molecule has 5 nitrogen and oxygen atoms in total. The van der Waals surface area contributed by atoms with Crippen LogP contribution in [0.4, 0.5) is 15.8 Å². The van der Waals surface area contributed by atoms with E-state index in [4.69, 9.17) is 0 Å². The standard InChI is InChI=1S/C19H15FN2O3S/c1-12-19(23)21-16-10-9-14(20)11-17(16)22(12)26(24,25)18-8-4-6-13-5-2-3-7-15(13)18/h2-12H,1H3,(H,21,23). The van der Waals surface area contributed by atoms with Crippen LogP contribution in [0, 0.1) is 5.82 Å². The van der Waals surface area contributed by atoms with E-state index in [9.17, 15) is 17.6 Å². The van der Waals surface area contributed by atoms with Crippen LogP contribution in [0.25, 0.3) is 10.8 Å². The Morgan fingerprint density at radius 2 is 1.77 bits per heavy atom. The van der Waals surface area contributed by atoms with E-state index in [1.807, 2.05) is 18.2 Å². The minimum atomic E-state index is -4.10. The van der Waals surface area contributed by atoms with Gasteiger partial charge in [0.25, 0.3) is 10.0 Å². The van der Waals surface area contributed by atoms with E-state index in [0.717, 1.165) is 15.8 Å². The summed E-state index contributed by atoms with van der Waals surface area (Å²) in [7, 11) is -4.10. The Morgan fingerprint density at radius 3 is 2.58 bits per heavy atom. The Hall–Kier alpha value is -2.93. The van der Waals surface area contributed by atoms with Crippen molar-refractivity contribution in [1.82, 2.24) is 0 Å². The van der Waals surface area contributed by atoms with Gasteiger partial charge < -0.3 is 5.32 Å². The van der Waals surface area contributed by atoms with Crippen LogP contribution in [0.3, 0.4) is 0 Å². The second-order valence-electron chi connectivity index (χ2n) is 6.10. The summed E-state index contributed by atoms with van der Waals surface area (Å²) in [6.07, 6.45) is 0. The topological polar surface area (TPSA) is 66.5 Å². The molecular formula is C19H15FN2O3S. The third-order valence-electron chi connectivity index (χ3n) is 4.47. The number of rotatable bonds is 2. The quantitative estimate of drug-likeness (QED) is 0.751. The number of sulfonamides is 1. The van der Waals surface area contributed by atoms with E-state index in [2.05, 4.69) is 5.32 Å².